The van der Waals surface area contributed by atoms with Crippen LogP contribution in [0.2, 0.25) is 5.15 Å². The van der Waals surface area contributed by atoms with Crippen LogP contribution in [0, 0.1) is 23.2 Å². The highest BCUT2D eigenvalue weighted by Gasteiger charge is 2.45. The van der Waals surface area contributed by atoms with E-state index in [1.54, 1.807) is 24.3 Å². The number of hydrogen-bond donors (Lipinski definition) is 4. The fourth-order valence-corrected chi connectivity index (χ4v) is 4.17. The Balaban J connectivity index is 1.80. The summed E-state index contributed by atoms with van der Waals surface area (Å²) in [4.78, 5) is 8.26. The van der Waals surface area contributed by atoms with Gasteiger partial charge >= 0.3 is 0 Å². The first-order chi connectivity index (χ1) is 13.8. The number of rotatable bonds is 4. The first-order valence-corrected chi connectivity index (χ1v) is 9.61. The van der Waals surface area contributed by atoms with Gasteiger partial charge in [-0.25, -0.2) is 4.98 Å². The number of aromatic nitrogens is 2. The topological polar surface area (TPSA) is 141 Å². The highest BCUT2D eigenvalue weighted by Crippen LogP contribution is 2.43. The molecule has 0 saturated heterocycles. The van der Waals surface area contributed by atoms with Crippen molar-refractivity contribution in [2.75, 3.05) is 17.7 Å². The lowest BCUT2D eigenvalue weighted by molar-refractivity contribution is 0.0202. The molecule has 5 N–H and O–H groups in total. The Morgan fingerprint density at radius 2 is 2.21 bits per heavy atom. The zero-order chi connectivity index (χ0) is 20.8. The summed E-state index contributed by atoms with van der Waals surface area (Å²) < 4.78 is 5.91. The van der Waals surface area contributed by atoms with Crippen molar-refractivity contribution in [3.8, 4) is 17.4 Å². The second-order valence-electron chi connectivity index (χ2n) is 7.39. The minimum Gasteiger partial charge on any atom is -0.456 e. The normalized spacial score (nSPS) is 24.0. The number of hydrogen-bond acceptors (Lipinski definition) is 8. The van der Waals surface area contributed by atoms with E-state index in [4.69, 9.17) is 27.0 Å². The molecule has 0 unspecified atom stereocenters. The van der Waals surface area contributed by atoms with Gasteiger partial charge in [0.2, 0.25) is 5.95 Å². The van der Waals surface area contributed by atoms with Crippen LogP contribution in [-0.2, 0) is 0 Å². The lowest BCUT2D eigenvalue weighted by atomic mass is 9.94. The van der Waals surface area contributed by atoms with Gasteiger partial charge in [0, 0.05) is 17.9 Å². The summed E-state index contributed by atoms with van der Waals surface area (Å²) in [6.07, 6.45) is 1.11. The van der Waals surface area contributed by atoms with Crippen LogP contribution in [0.25, 0.3) is 22.3 Å². The lowest BCUT2D eigenvalue weighted by Crippen LogP contribution is -2.42. The smallest absolute Gasteiger partial charge is 0.223 e. The van der Waals surface area contributed by atoms with Gasteiger partial charge in [-0.1, -0.05) is 18.5 Å². The molecule has 29 heavy (non-hydrogen) atoms. The van der Waals surface area contributed by atoms with Crippen molar-refractivity contribution in [3.63, 3.8) is 0 Å². The third kappa shape index (κ3) is 3.38. The molecule has 0 aliphatic heterocycles. The zero-order valence-corrected chi connectivity index (χ0v) is 16.4. The predicted molar refractivity (Wildman–Crippen MR) is 109 cm³/mol. The summed E-state index contributed by atoms with van der Waals surface area (Å²) in [6.45, 7) is 1.87. The van der Waals surface area contributed by atoms with E-state index >= 15 is 0 Å². The number of aliphatic hydroxyl groups is 2. The average Bonchev–Trinajstić information content (AvgIpc) is 3.21. The van der Waals surface area contributed by atoms with Crippen molar-refractivity contribution in [3.05, 3.63) is 35.0 Å². The molecule has 9 heteroatoms. The Morgan fingerprint density at radius 3 is 2.90 bits per heavy atom. The van der Waals surface area contributed by atoms with E-state index in [1.807, 2.05) is 6.92 Å². The molecule has 3 aromatic rings. The Hall–Kier alpha value is -2.86. The molecule has 0 spiro atoms. The van der Waals surface area contributed by atoms with Gasteiger partial charge in [0.1, 0.15) is 28.0 Å². The third-order valence-electron chi connectivity index (χ3n) is 5.70. The maximum Gasteiger partial charge on any atom is 0.223 e. The summed E-state index contributed by atoms with van der Waals surface area (Å²) >= 11 is 6.37. The molecule has 2 aromatic heterocycles. The van der Waals surface area contributed by atoms with Crippen LogP contribution in [0.5, 0.6) is 0 Å². The van der Waals surface area contributed by atoms with E-state index in [0.29, 0.717) is 35.3 Å². The molecule has 0 bridgehead atoms. The highest BCUT2D eigenvalue weighted by molar-refractivity contribution is 6.32. The number of fused-ring (bicyclic) bond motifs is 1. The van der Waals surface area contributed by atoms with Gasteiger partial charge < -0.3 is 25.7 Å². The maximum atomic E-state index is 11.1. The van der Waals surface area contributed by atoms with Gasteiger partial charge in [-0.15, -0.1) is 0 Å². The molecule has 150 valence electrons. The molecule has 1 aliphatic carbocycles. The van der Waals surface area contributed by atoms with Crippen LogP contribution in [0.4, 0.5) is 11.8 Å². The summed E-state index contributed by atoms with van der Waals surface area (Å²) in [5, 5.41) is 33.6. The van der Waals surface area contributed by atoms with Gasteiger partial charge in [0.05, 0.1) is 17.2 Å². The largest absolute Gasteiger partial charge is 0.456 e. The first kappa shape index (κ1) is 19.5. The van der Waals surface area contributed by atoms with Crippen molar-refractivity contribution in [2.24, 2.45) is 11.8 Å². The SMILES string of the molecule is C[C@@H]1[C@@H](CO)CC[C@@]1(O)Nc1nc(N)nc(Cl)c1-c1cc2cc(C#N)ccc2o1. The molecule has 1 aliphatic rings. The van der Waals surface area contributed by atoms with Gasteiger partial charge in [0.25, 0.3) is 0 Å². The van der Waals surface area contributed by atoms with E-state index in [-0.39, 0.29) is 35.4 Å². The number of nitrogens with two attached hydrogens (primary N) is 1. The quantitative estimate of drug-likeness (QED) is 0.377. The molecule has 0 radical (unpaired) electrons. The third-order valence-corrected chi connectivity index (χ3v) is 5.97. The summed E-state index contributed by atoms with van der Waals surface area (Å²) in [5.41, 5.74) is 5.95. The number of nitrogens with zero attached hydrogens (tertiary/aromatic N) is 3. The van der Waals surface area contributed by atoms with Crippen LogP contribution in [-0.4, -0.2) is 32.5 Å². The second kappa shape index (κ2) is 7.19. The second-order valence-corrected chi connectivity index (χ2v) is 7.75. The van der Waals surface area contributed by atoms with E-state index in [9.17, 15) is 10.2 Å². The van der Waals surface area contributed by atoms with Crippen LogP contribution in [0.3, 0.4) is 0 Å². The number of nitrogen functional groups attached to an aromatic ring is 1. The molecule has 1 aromatic carbocycles. The van der Waals surface area contributed by atoms with E-state index < -0.39 is 5.72 Å². The molecule has 1 fully saturated rings. The molecule has 3 atom stereocenters. The maximum absolute atomic E-state index is 11.1. The number of anilines is 2. The Kier molecular flexibility index (Phi) is 4.82. The van der Waals surface area contributed by atoms with Crippen molar-refractivity contribution in [2.45, 2.75) is 25.5 Å². The Morgan fingerprint density at radius 1 is 1.41 bits per heavy atom. The van der Waals surface area contributed by atoms with Gasteiger partial charge in [-0.2, -0.15) is 10.2 Å². The minimum atomic E-state index is -1.29. The van der Waals surface area contributed by atoms with Crippen molar-refractivity contribution >= 4 is 34.3 Å². The molecular formula is C20H20ClN5O3. The number of benzene rings is 1. The summed E-state index contributed by atoms with van der Waals surface area (Å²) in [5.74, 6) is 0.341. The number of furan rings is 1. The lowest BCUT2D eigenvalue weighted by Gasteiger charge is -2.31. The van der Waals surface area contributed by atoms with Crippen molar-refractivity contribution < 1.29 is 14.6 Å². The molecule has 2 heterocycles. The molecule has 0 amide bonds. The molecule has 1 saturated carbocycles. The summed E-state index contributed by atoms with van der Waals surface area (Å²) in [6, 6.07) is 8.90. The van der Waals surface area contributed by atoms with E-state index in [1.165, 1.54) is 0 Å². The standard InChI is InChI=1S/C20H20ClN5O3/c1-10-12(9-27)4-5-20(10,28)26-18-16(17(21)24-19(23)25-18)15-7-13-6-11(8-22)2-3-14(13)29-15/h2-3,6-7,10,12,27-28H,4-5,9H2,1H3,(H3,23,24,25,26)/t10-,12-,20+/m1/s1. The van der Waals surface area contributed by atoms with Gasteiger partial charge in [0.15, 0.2) is 0 Å². The average molecular weight is 414 g/mol. The monoisotopic (exact) mass is 413 g/mol. The van der Waals surface area contributed by atoms with Crippen LogP contribution >= 0.6 is 11.6 Å². The van der Waals surface area contributed by atoms with Crippen molar-refractivity contribution in [1.82, 2.24) is 9.97 Å². The van der Waals surface area contributed by atoms with Crippen LogP contribution in [0.1, 0.15) is 25.3 Å². The first-order valence-electron chi connectivity index (χ1n) is 9.23. The fraction of sp³-hybridized carbons (Fsp3) is 0.350. The number of aliphatic hydroxyl groups excluding tert-OH is 1. The van der Waals surface area contributed by atoms with Crippen LogP contribution in [0.15, 0.2) is 28.7 Å². The van der Waals surface area contributed by atoms with E-state index in [2.05, 4.69) is 21.4 Å². The molecule has 8 nitrogen and oxygen atoms in total. The molecule has 4 rings (SSSR count). The number of halogens is 1. The highest BCUT2D eigenvalue weighted by atomic mass is 35.5. The van der Waals surface area contributed by atoms with Gasteiger partial charge in [-0.3, -0.25) is 0 Å². The van der Waals surface area contributed by atoms with Crippen molar-refractivity contribution in [1.29, 1.82) is 5.26 Å². The fourth-order valence-electron chi connectivity index (χ4n) is 3.90. The molecular weight excluding hydrogens is 394 g/mol. The Bertz CT molecular complexity index is 1130. The number of nitrogens with one attached hydrogen (secondary N) is 1. The van der Waals surface area contributed by atoms with Crippen LogP contribution < -0.4 is 11.1 Å². The minimum absolute atomic E-state index is 0.00448. The predicted octanol–water partition coefficient (Wildman–Crippen LogP) is 3.14. The zero-order valence-electron chi connectivity index (χ0n) is 15.7. The number of nitriles is 1. The van der Waals surface area contributed by atoms with Gasteiger partial charge in [-0.05, 0) is 43.0 Å². The summed E-state index contributed by atoms with van der Waals surface area (Å²) in [7, 11) is 0. The Labute approximate surface area is 171 Å². The van der Waals surface area contributed by atoms with E-state index in [0.717, 1.165) is 5.39 Å².